The number of aromatic amines is 2. The quantitative estimate of drug-likeness (QED) is 0.239. The lowest BCUT2D eigenvalue weighted by atomic mass is 10.0. The first kappa shape index (κ1) is 24.6. The van der Waals surface area contributed by atoms with Crippen LogP contribution in [0.1, 0.15) is 35.0 Å². The third-order valence-electron chi connectivity index (χ3n) is 5.42. The van der Waals surface area contributed by atoms with Crippen molar-refractivity contribution in [2.45, 2.75) is 26.2 Å². The molecule has 0 radical (unpaired) electrons. The highest BCUT2D eigenvalue weighted by Gasteiger charge is 2.07. The molecule has 0 aliphatic rings. The monoisotopic (exact) mass is 504 g/mol. The summed E-state index contributed by atoms with van der Waals surface area (Å²) < 4.78 is 5.81. The van der Waals surface area contributed by atoms with Crippen LogP contribution in [0.5, 0.6) is 11.5 Å². The molecule has 0 saturated carbocycles. The number of benzene rings is 3. The Morgan fingerprint density at radius 2 is 1.46 bits per heavy atom. The molecule has 0 saturated heterocycles. The molecule has 5 rings (SSSR count). The van der Waals surface area contributed by atoms with Gasteiger partial charge in [0.1, 0.15) is 11.5 Å². The number of aryl methyl sites for hydroxylation is 1. The molecule has 0 spiro atoms. The molecule has 0 atom stereocenters. The van der Waals surface area contributed by atoms with E-state index in [4.69, 9.17) is 27.9 Å². The van der Waals surface area contributed by atoms with Gasteiger partial charge in [0, 0.05) is 46.7 Å². The van der Waals surface area contributed by atoms with Crippen LogP contribution in [0.2, 0.25) is 10.0 Å². The van der Waals surface area contributed by atoms with E-state index in [0.29, 0.717) is 5.02 Å². The average molecular weight is 505 g/mol. The summed E-state index contributed by atoms with van der Waals surface area (Å²) in [6.07, 6.45) is 9.67. The summed E-state index contributed by atoms with van der Waals surface area (Å²) in [6, 6.07) is 21.4. The van der Waals surface area contributed by atoms with Crippen molar-refractivity contribution in [2.75, 3.05) is 0 Å². The predicted octanol–water partition coefficient (Wildman–Crippen LogP) is 7.66. The van der Waals surface area contributed by atoms with Gasteiger partial charge in [-0.05, 0) is 65.6 Å². The maximum absolute atomic E-state index is 6.19. The van der Waals surface area contributed by atoms with Crippen molar-refractivity contribution >= 4 is 23.2 Å². The van der Waals surface area contributed by atoms with E-state index in [1.54, 1.807) is 12.7 Å². The number of hydrogen-bond donors (Lipinski definition) is 2. The fraction of sp³-hybridized carbons (Fsp3) is 0.143. The van der Waals surface area contributed by atoms with Crippen LogP contribution in [0.4, 0.5) is 0 Å². The molecule has 5 aromatic rings. The Balaban J connectivity index is 0.000000172. The lowest BCUT2D eigenvalue weighted by Gasteiger charge is -2.08. The van der Waals surface area contributed by atoms with E-state index < -0.39 is 0 Å². The van der Waals surface area contributed by atoms with Crippen LogP contribution < -0.4 is 4.74 Å². The first-order valence-electron chi connectivity index (χ1n) is 11.3. The molecule has 2 heterocycles. The molecule has 0 bridgehead atoms. The van der Waals surface area contributed by atoms with Gasteiger partial charge >= 0.3 is 0 Å². The second-order valence-corrected chi connectivity index (χ2v) is 8.79. The zero-order valence-electron chi connectivity index (χ0n) is 19.3. The van der Waals surface area contributed by atoms with Crippen LogP contribution in [-0.4, -0.2) is 19.9 Å². The van der Waals surface area contributed by atoms with Crippen LogP contribution >= 0.6 is 23.2 Å². The largest absolute Gasteiger partial charge is 0.457 e. The first-order valence-corrected chi connectivity index (χ1v) is 12.1. The summed E-state index contributed by atoms with van der Waals surface area (Å²) in [6.45, 7) is 2.14. The van der Waals surface area contributed by atoms with Crippen molar-refractivity contribution in [3.8, 4) is 11.5 Å². The number of H-pyrrole nitrogens is 2. The standard InChI is InChI=1S/C16H13ClN2O.C12H13ClN2/c17-13-4-6-15(7-5-13)20-16-3-1-2-12(9-16)8-14-10-18-11-19-14;1-2-9-4-3-5-12(13)11(9)6-10-7-14-8-15-10/h1-7,9-11H,8H2,(H,18,19);3-5,7-8H,2,6H2,1H3,(H,14,15). The van der Waals surface area contributed by atoms with E-state index in [9.17, 15) is 0 Å². The van der Waals surface area contributed by atoms with Crippen molar-refractivity contribution in [1.82, 2.24) is 19.9 Å². The molecule has 0 amide bonds. The summed E-state index contributed by atoms with van der Waals surface area (Å²) in [7, 11) is 0. The molecule has 0 aliphatic heterocycles. The summed E-state index contributed by atoms with van der Waals surface area (Å²) >= 11 is 12.0. The van der Waals surface area contributed by atoms with E-state index in [1.807, 2.05) is 67.0 Å². The highest BCUT2D eigenvalue weighted by molar-refractivity contribution is 6.31. The Morgan fingerprint density at radius 1 is 0.771 bits per heavy atom. The second-order valence-electron chi connectivity index (χ2n) is 7.94. The van der Waals surface area contributed by atoms with Gasteiger partial charge in [-0.3, -0.25) is 0 Å². The van der Waals surface area contributed by atoms with Gasteiger partial charge in [-0.25, -0.2) is 9.97 Å². The molecule has 5 nitrogen and oxygen atoms in total. The van der Waals surface area contributed by atoms with Crippen molar-refractivity contribution in [3.05, 3.63) is 130 Å². The minimum Gasteiger partial charge on any atom is -0.457 e. The third kappa shape index (κ3) is 7.22. The molecule has 2 N–H and O–H groups in total. The summed E-state index contributed by atoms with van der Waals surface area (Å²) in [5, 5.41) is 1.54. The Labute approximate surface area is 215 Å². The fourth-order valence-electron chi connectivity index (χ4n) is 3.66. The number of imidazole rings is 2. The Hall–Kier alpha value is -3.54. The molecule has 35 heavy (non-hydrogen) atoms. The minimum absolute atomic E-state index is 0.699. The van der Waals surface area contributed by atoms with Crippen LogP contribution in [0.3, 0.4) is 0 Å². The zero-order valence-corrected chi connectivity index (χ0v) is 20.9. The van der Waals surface area contributed by atoms with Crippen LogP contribution in [-0.2, 0) is 19.3 Å². The molecule has 7 heteroatoms. The first-order chi connectivity index (χ1) is 17.1. The number of hydrogen-bond acceptors (Lipinski definition) is 3. The van der Waals surface area contributed by atoms with Crippen molar-refractivity contribution < 1.29 is 4.74 Å². The van der Waals surface area contributed by atoms with E-state index in [-0.39, 0.29) is 0 Å². The normalized spacial score (nSPS) is 10.5. The van der Waals surface area contributed by atoms with Crippen LogP contribution in [0.15, 0.2) is 91.8 Å². The molecule has 3 aromatic carbocycles. The molecule has 0 unspecified atom stereocenters. The topological polar surface area (TPSA) is 66.6 Å². The van der Waals surface area contributed by atoms with E-state index >= 15 is 0 Å². The fourth-order valence-corrected chi connectivity index (χ4v) is 4.05. The van der Waals surface area contributed by atoms with Crippen molar-refractivity contribution in [2.24, 2.45) is 0 Å². The predicted molar refractivity (Wildman–Crippen MR) is 142 cm³/mol. The number of halogens is 2. The maximum atomic E-state index is 6.19. The number of nitrogens with one attached hydrogen (secondary N) is 2. The van der Waals surface area contributed by atoms with Gasteiger partial charge in [-0.15, -0.1) is 0 Å². The van der Waals surface area contributed by atoms with E-state index in [0.717, 1.165) is 47.2 Å². The van der Waals surface area contributed by atoms with Gasteiger partial charge in [0.15, 0.2) is 0 Å². The summed E-state index contributed by atoms with van der Waals surface area (Å²) in [4.78, 5) is 14.2. The lowest BCUT2D eigenvalue weighted by Crippen LogP contribution is -1.95. The second kappa shape index (κ2) is 12.2. The third-order valence-corrected chi connectivity index (χ3v) is 6.02. The average Bonchev–Trinajstić information content (AvgIpc) is 3.57. The maximum Gasteiger partial charge on any atom is 0.127 e. The van der Waals surface area contributed by atoms with Gasteiger partial charge in [0.2, 0.25) is 0 Å². The Kier molecular flexibility index (Phi) is 8.60. The molecule has 178 valence electrons. The summed E-state index contributed by atoms with van der Waals surface area (Å²) in [5.74, 6) is 1.58. The molecular formula is C28H26Cl2N4O. The highest BCUT2D eigenvalue weighted by atomic mass is 35.5. The van der Waals surface area contributed by atoms with Gasteiger partial charge in [0.25, 0.3) is 0 Å². The SMILES string of the molecule is CCc1cccc(Cl)c1Cc1cnc[nH]1.Clc1ccc(Oc2cccc(Cc3cnc[nH]3)c2)cc1. The Morgan fingerprint density at radius 3 is 2.11 bits per heavy atom. The van der Waals surface area contributed by atoms with Gasteiger partial charge < -0.3 is 14.7 Å². The zero-order chi connectivity index (χ0) is 24.5. The number of ether oxygens (including phenoxy) is 1. The van der Waals surface area contributed by atoms with Gasteiger partial charge in [-0.1, -0.05) is 54.4 Å². The molecular weight excluding hydrogens is 479 g/mol. The minimum atomic E-state index is 0.699. The summed E-state index contributed by atoms with van der Waals surface area (Å²) in [5.41, 5.74) is 5.84. The molecule has 2 aromatic heterocycles. The van der Waals surface area contributed by atoms with Gasteiger partial charge in [-0.2, -0.15) is 0 Å². The van der Waals surface area contributed by atoms with E-state index in [2.05, 4.69) is 39.0 Å². The van der Waals surface area contributed by atoms with Crippen LogP contribution in [0, 0.1) is 0 Å². The smallest absolute Gasteiger partial charge is 0.127 e. The van der Waals surface area contributed by atoms with Crippen molar-refractivity contribution in [1.29, 1.82) is 0 Å². The van der Waals surface area contributed by atoms with E-state index in [1.165, 1.54) is 16.7 Å². The number of nitrogens with zero attached hydrogens (tertiary/aromatic N) is 2. The lowest BCUT2D eigenvalue weighted by molar-refractivity contribution is 0.482. The molecule has 0 fully saturated rings. The highest BCUT2D eigenvalue weighted by Crippen LogP contribution is 2.25. The van der Waals surface area contributed by atoms with Gasteiger partial charge in [0.05, 0.1) is 12.7 Å². The van der Waals surface area contributed by atoms with Crippen molar-refractivity contribution in [3.63, 3.8) is 0 Å². The number of rotatable bonds is 7. The molecule has 0 aliphatic carbocycles. The van der Waals surface area contributed by atoms with Crippen LogP contribution in [0.25, 0.3) is 0 Å². The Bertz CT molecular complexity index is 1320. The number of aromatic nitrogens is 4.